The van der Waals surface area contributed by atoms with Gasteiger partial charge in [0.2, 0.25) is 0 Å². The Labute approximate surface area is 147 Å². The molecule has 3 nitrogen and oxygen atoms in total. The number of ether oxygens (including phenoxy) is 1. The third kappa shape index (κ3) is 3.68. The minimum absolute atomic E-state index is 0.167. The van der Waals surface area contributed by atoms with Gasteiger partial charge in [-0.05, 0) is 0 Å². The Morgan fingerprint density at radius 1 is 1.52 bits per heavy atom. The summed E-state index contributed by atoms with van der Waals surface area (Å²) in [6, 6.07) is 0. The number of halogens is 2. The number of rotatable bonds is 4. The predicted octanol–water partition coefficient (Wildman–Crippen LogP) is -0.116. The van der Waals surface area contributed by atoms with Gasteiger partial charge in [-0.25, -0.2) is 0 Å². The van der Waals surface area contributed by atoms with E-state index in [4.69, 9.17) is 7.80 Å². The van der Waals surface area contributed by atoms with E-state index in [1.807, 2.05) is 26.0 Å². The van der Waals surface area contributed by atoms with Crippen molar-refractivity contribution in [1.82, 2.24) is 0 Å². The number of hydrogen-bond donors (Lipinski definition) is 1. The Hall–Kier alpha value is 0.01000. The van der Waals surface area contributed by atoms with E-state index in [9.17, 15) is 5.11 Å². The number of alkyl halides is 2. The van der Waals surface area contributed by atoms with E-state index in [1.54, 1.807) is 7.11 Å². The van der Waals surface area contributed by atoms with E-state index in [-0.39, 0.29) is 25.1 Å². The van der Waals surface area contributed by atoms with Crippen molar-refractivity contribution in [3.63, 3.8) is 0 Å². The zero-order valence-electron chi connectivity index (χ0n) is 12.5. The standard InChI is InChI=1S/C16H21I2O3/c1-6-7-17-14-11-9-12(18-20-5)10(2)8-13(11)21-16(3,4)15(14)19/h6,8-9,14-15,19H,1-2,7H2,3-5H3/q-1/t14-,15+/m1/s1. The van der Waals surface area contributed by atoms with Crippen molar-refractivity contribution >= 4 is 24.7 Å². The molecule has 1 saturated heterocycles. The maximum absolute atomic E-state index is 10.7. The van der Waals surface area contributed by atoms with E-state index in [1.165, 1.54) is 0 Å². The third-order valence-corrected chi connectivity index (χ3v) is 8.71. The topological polar surface area (TPSA) is 38.7 Å². The summed E-state index contributed by atoms with van der Waals surface area (Å²) in [4.78, 5) is 0. The van der Waals surface area contributed by atoms with Crippen LogP contribution in [0.15, 0.2) is 48.3 Å². The van der Waals surface area contributed by atoms with Gasteiger partial charge in [-0.15, -0.1) is 0 Å². The van der Waals surface area contributed by atoms with Crippen molar-refractivity contribution in [2.45, 2.75) is 29.5 Å². The van der Waals surface area contributed by atoms with Crippen LogP contribution in [0.3, 0.4) is 0 Å². The molecule has 5 heteroatoms. The average molecular weight is 515 g/mol. The summed E-state index contributed by atoms with van der Waals surface area (Å²) in [5.74, 6) is 0.868. The van der Waals surface area contributed by atoms with Gasteiger partial charge in [-0.3, -0.25) is 0 Å². The van der Waals surface area contributed by atoms with Crippen LogP contribution in [0.5, 0.6) is 0 Å². The molecule has 2 rings (SSSR count). The first kappa shape index (κ1) is 17.4. The summed E-state index contributed by atoms with van der Waals surface area (Å²) in [5, 5.41) is 10.7. The Morgan fingerprint density at radius 3 is 2.86 bits per heavy atom. The molecule has 0 radical (unpaired) electrons. The van der Waals surface area contributed by atoms with Crippen molar-refractivity contribution in [3.8, 4) is 0 Å². The quantitative estimate of drug-likeness (QED) is 0.323. The Bertz CT molecular complexity index is 544. The fraction of sp³-hybridized carbons (Fsp3) is 0.438. The van der Waals surface area contributed by atoms with Crippen LogP contribution in [0.1, 0.15) is 13.8 Å². The van der Waals surface area contributed by atoms with Crippen LogP contribution < -0.4 is 21.2 Å². The number of hydrogen-bond acceptors (Lipinski definition) is 3. The summed E-state index contributed by atoms with van der Waals surface area (Å²) < 4.78 is 13.7. The Kier molecular flexibility index (Phi) is 5.84. The van der Waals surface area contributed by atoms with Crippen LogP contribution in [0, 0.1) is 0 Å². The molecule has 0 aromatic rings. The SMILES string of the molecule is C=CC[I-][C@@H]1C2=CC(=IOC)C(=C)C=C2OC(C)(C)[C@H]1O. The number of aliphatic hydroxyl groups excluding tert-OH is 1. The first-order valence-electron chi connectivity index (χ1n) is 6.64. The van der Waals surface area contributed by atoms with Gasteiger partial charge in [-0.2, -0.15) is 0 Å². The number of aliphatic hydroxyl groups is 1. The summed E-state index contributed by atoms with van der Waals surface area (Å²) in [7, 11) is 1.72. The second-order valence-electron chi connectivity index (χ2n) is 5.36. The molecule has 0 saturated carbocycles. The first-order chi connectivity index (χ1) is 9.90. The van der Waals surface area contributed by atoms with Crippen molar-refractivity contribution in [3.05, 3.63) is 48.3 Å². The minimum atomic E-state index is -0.567. The van der Waals surface area contributed by atoms with E-state index >= 15 is 0 Å². The van der Waals surface area contributed by atoms with Gasteiger partial charge >= 0.3 is 148 Å². The second-order valence-corrected chi connectivity index (χ2v) is 10.9. The van der Waals surface area contributed by atoms with Crippen LogP contribution in [-0.2, 0) is 7.80 Å². The zero-order chi connectivity index (χ0) is 15.6. The third-order valence-electron chi connectivity index (χ3n) is 3.36. The van der Waals surface area contributed by atoms with Gasteiger partial charge in [0.25, 0.3) is 0 Å². The summed E-state index contributed by atoms with van der Waals surface area (Å²) in [6.07, 6.45) is 5.60. The number of allylic oxidation sites excluding steroid dienone is 5. The molecule has 1 heterocycles. The van der Waals surface area contributed by atoms with Gasteiger partial charge in [0.1, 0.15) is 0 Å². The fourth-order valence-electron chi connectivity index (χ4n) is 2.26. The Morgan fingerprint density at radius 2 is 2.24 bits per heavy atom. The normalized spacial score (nSPS) is 29.9. The maximum atomic E-state index is 10.7. The molecule has 2 aliphatic rings. The van der Waals surface area contributed by atoms with Crippen LogP contribution in [0.2, 0.25) is 0 Å². The van der Waals surface area contributed by atoms with Crippen LogP contribution >= 0.6 is 21.1 Å². The first-order valence-corrected chi connectivity index (χ1v) is 11.4. The molecule has 0 amide bonds. The monoisotopic (exact) mass is 515 g/mol. The summed E-state index contributed by atoms with van der Waals surface area (Å²) in [6.45, 7) is 11.8. The molecule has 1 fully saturated rings. The van der Waals surface area contributed by atoms with Gasteiger partial charge < -0.3 is 0 Å². The van der Waals surface area contributed by atoms with Crippen LogP contribution in [0.4, 0.5) is 0 Å². The van der Waals surface area contributed by atoms with Crippen molar-refractivity contribution in [2.75, 3.05) is 11.5 Å². The summed E-state index contributed by atoms with van der Waals surface area (Å²) in [5.41, 5.74) is 1.52. The van der Waals surface area contributed by atoms with Crippen LogP contribution in [0.25, 0.3) is 0 Å². The molecule has 2 atom stereocenters. The molecule has 0 aromatic heterocycles. The van der Waals surface area contributed by atoms with E-state index in [2.05, 4.69) is 19.2 Å². The fourth-order valence-corrected chi connectivity index (χ4v) is 6.85. The van der Waals surface area contributed by atoms with Crippen molar-refractivity contribution in [2.24, 2.45) is 0 Å². The Balaban J connectivity index is 2.43. The van der Waals surface area contributed by atoms with Gasteiger partial charge in [-0.1, -0.05) is 0 Å². The van der Waals surface area contributed by atoms with Gasteiger partial charge in [0.05, 0.1) is 0 Å². The van der Waals surface area contributed by atoms with Gasteiger partial charge in [0, 0.05) is 0 Å². The second kappa shape index (κ2) is 7.06. The van der Waals surface area contributed by atoms with E-state index in [0.29, 0.717) is 0 Å². The van der Waals surface area contributed by atoms with Gasteiger partial charge in [0.15, 0.2) is 0 Å². The molecule has 0 bridgehead atoms. The molecule has 1 aliphatic carbocycles. The van der Waals surface area contributed by atoms with E-state index in [0.717, 1.165) is 24.8 Å². The molecule has 21 heavy (non-hydrogen) atoms. The van der Waals surface area contributed by atoms with Crippen molar-refractivity contribution < 1.29 is 34.1 Å². The van der Waals surface area contributed by atoms with E-state index < -0.39 is 32.9 Å². The average Bonchev–Trinajstić information content (AvgIpc) is 2.41. The van der Waals surface area contributed by atoms with Crippen molar-refractivity contribution in [1.29, 1.82) is 0 Å². The molecule has 118 valence electrons. The molecular formula is C16H21I2O3-. The molecular weight excluding hydrogens is 494 g/mol. The molecule has 0 unspecified atom stereocenters. The number of fused-ring (bicyclic) bond motifs is 1. The zero-order valence-corrected chi connectivity index (χ0v) is 16.8. The molecule has 1 aliphatic heterocycles. The molecule has 0 spiro atoms. The predicted molar refractivity (Wildman–Crippen MR) is 91.4 cm³/mol. The van der Waals surface area contributed by atoms with Crippen LogP contribution in [-0.4, -0.2) is 35.8 Å². The molecule has 0 aromatic carbocycles. The summed E-state index contributed by atoms with van der Waals surface area (Å²) >= 11 is -0.703. The molecule has 1 N–H and O–H groups in total.